The molecule has 0 saturated carbocycles. The monoisotopic (exact) mass is 353 g/mol. The molecule has 118 valence electrons. The van der Waals surface area contributed by atoms with E-state index in [1.807, 2.05) is 0 Å². The summed E-state index contributed by atoms with van der Waals surface area (Å²) in [5.41, 5.74) is -2.93. The fraction of sp³-hybridized carbons (Fsp3) is 0.182. The third-order valence-electron chi connectivity index (χ3n) is 2.59. The molecule has 0 aliphatic carbocycles. The number of rotatable bonds is 4. The van der Waals surface area contributed by atoms with Crippen molar-refractivity contribution in [2.45, 2.75) is 12.7 Å². The molecule has 2 aromatic rings. The zero-order chi connectivity index (χ0) is 16.5. The minimum atomic E-state index is -4.92. The molecule has 0 saturated heterocycles. The van der Waals surface area contributed by atoms with Crippen LogP contribution in [0, 0.1) is 10.1 Å². The van der Waals surface area contributed by atoms with E-state index in [2.05, 4.69) is 10.3 Å². The van der Waals surface area contributed by atoms with Gasteiger partial charge in [-0.15, -0.1) is 11.3 Å². The van der Waals surface area contributed by atoms with Crippen molar-refractivity contribution in [3.63, 3.8) is 0 Å². The molecule has 6 nitrogen and oxygen atoms in total. The second kappa shape index (κ2) is 5.97. The fourth-order valence-electron chi connectivity index (χ4n) is 1.64. The molecule has 2 N–H and O–H groups in total. The normalized spacial score (nSPS) is 11.5. The standard InChI is InChI=1S/C11H7ClF3N3O3S/c12-10-17-4-5(22-10)3-16-7-1-6(11(13,14)15)8(18(20)21)2-9(7)19/h1-2,4,16,19H,3H2. The first-order valence-corrected chi connectivity index (χ1v) is 6.80. The topological polar surface area (TPSA) is 88.3 Å². The van der Waals surface area contributed by atoms with Crippen LogP contribution in [-0.4, -0.2) is 15.0 Å². The molecule has 22 heavy (non-hydrogen) atoms. The van der Waals surface area contributed by atoms with E-state index in [0.717, 1.165) is 11.3 Å². The average Bonchev–Trinajstić information content (AvgIpc) is 2.81. The molecule has 0 aliphatic rings. The smallest absolute Gasteiger partial charge is 0.423 e. The highest BCUT2D eigenvalue weighted by atomic mass is 35.5. The lowest BCUT2D eigenvalue weighted by Gasteiger charge is -2.12. The second-order valence-electron chi connectivity index (χ2n) is 4.07. The summed E-state index contributed by atoms with van der Waals surface area (Å²) in [6.45, 7) is 0.0626. The maximum Gasteiger partial charge on any atom is 0.423 e. The van der Waals surface area contributed by atoms with Crippen LogP contribution in [0.2, 0.25) is 4.47 Å². The van der Waals surface area contributed by atoms with Crippen molar-refractivity contribution >= 4 is 34.3 Å². The minimum Gasteiger partial charge on any atom is -0.506 e. The number of aromatic nitrogens is 1. The van der Waals surface area contributed by atoms with Crippen LogP contribution in [0.4, 0.5) is 24.5 Å². The molecule has 0 atom stereocenters. The van der Waals surface area contributed by atoms with Crippen LogP contribution in [0.1, 0.15) is 10.4 Å². The number of phenolic OH excluding ortho intramolecular Hbond substituents is 1. The van der Waals surface area contributed by atoms with Crippen LogP contribution in [0.15, 0.2) is 18.3 Å². The molecule has 0 fully saturated rings. The molecule has 0 aliphatic heterocycles. The van der Waals surface area contributed by atoms with Gasteiger partial charge < -0.3 is 10.4 Å². The predicted molar refractivity (Wildman–Crippen MR) is 74.2 cm³/mol. The summed E-state index contributed by atoms with van der Waals surface area (Å²) in [5, 5.41) is 22.9. The van der Waals surface area contributed by atoms with Gasteiger partial charge in [-0.25, -0.2) is 4.98 Å². The van der Waals surface area contributed by atoms with Crippen LogP contribution >= 0.6 is 22.9 Å². The van der Waals surface area contributed by atoms with Crippen molar-refractivity contribution in [3.05, 3.63) is 43.4 Å². The van der Waals surface area contributed by atoms with Gasteiger partial charge in [0.05, 0.1) is 23.2 Å². The highest BCUT2D eigenvalue weighted by molar-refractivity contribution is 7.15. The number of aromatic hydroxyl groups is 1. The van der Waals surface area contributed by atoms with Crippen molar-refractivity contribution in [1.29, 1.82) is 0 Å². The van der Waals surface area contributed by atoms with E-state index in [1.54, 1.807) is 0 Å². The predicted octanol–water partition coefficient (Wildman–Crippen LogP) is 4.04. The lowest BCUT2D eigenvalue weighted by atomic mass is 10.1. The van der Waals surface area contributed by atoms with E-state index in [9.17, 15) is 28.4 Å². The number of benzene rings is 1. The van der Waals surface area contributed by atoms with Gasteiger partial charge in [-0.1, -0.05) is 11.6 Å². The lowest BCUT2D eigenvalue weighted by Crippen LogP contribution is -2.10. The van der Waals surface area contributed by atoms with Gasteiger partial charge in [0.1, 0.15) is 11.3 Å². The third-order valence-corrected chi connectivity index (χ3v) is 3.71. The first-order valence-electron chi connectivity index (χ1n) is 5.61. The number of nitrogens with zero attached hydrogens (tertiary/aromatic N) is 2. The van der Waals surface area contributed by atoms with Gasteiger partial charge in [-0.2, -0.15) is 13.2 Å². The van der Waals surface area contributed by atoms with E-state index in [0.29, 0.717) is 17.0 Å². The Hall–Kier alpha value is -2.07. The molecule has 0 amide bonds. The third kappa shape index (κ3) is 3.57. The number of thiazole rings is 1. The summed E-state index contributed by atoms with van der Waals surface area (Å²) in [6.07, 6.45) is -3.49. The summed E-state index contributed by atoms with van der Waals surface area (Å²) in [5.74, 6) is -0.657. The number of anilines is 1. The van der Waals surface area contributed by atoms with Crippen LogP contribution < -0.4 is 5.32 Å². The first kappa shape index (κ1) is 16.3. The van der Waals surface area contributed by atoms with E-state index >= 15 is 0 Å². The van der Waals surface area contributed by atoms with Gasteiger partial charge in [-0.05, 0) is 6.07 Å². The number of hydrogen-bond donors (Lipinski definition) is 2. The van der Waals surface area contributed by atoms with Crippen LogP contribution in [0.5, 0.6) is 5.75 Å². The van der Waals surface area contributed by atoms with Gasteiger partial charge >= 0.3 is 6.18 Å². The maximum atomic E-state index is 12.8. The summed E-state index contributed by atoms with van der Waals surface area (Å²) < 4.78 is 38.8. The Balaban J connectivity index is 2.33. The van der Waals surface area contributed by atoms with Gasteiger partial charge in [0.2, 0.25) is 0 Å². The number of halogens is 4. The maximum absolute atomic E-state index is 12.8. The number of alkyl halides is 3. The van der Waals surface area contributed by atoms with Crippen molar-refractivity contribution in [2.24, 2.45) is 0 Å². The van der Waals surface area contributed by atoms with Crippen molar-refractivity contribution < 1.29 is 23.2 Å². The largest absolute Gasteiger partial charge is 0.506 e. The SMILES string of the molecule is O=[N+]([O-])c1cc(O)c(NCc2cnc(Cl)s2)cc1C(F)(F)F. The van der Waals surface area contributed by atoms with E-state index < -0.39 is 28.1 Å². The first-order chi connectivity index (χ1) is 10.2. The Morgan fingerprint density at radius 2 is 2.14 bits per heavy atom. The van der Waals surface area contributed by atoms with Gasteiger partial charge in [0.15, 0.2) is 4.47 Å². The molecule has 0 bridgehead atoms. The summed E-state index contributed by atoms with van der Waals surface area (Å²) in [6, 6.07) is 0.959. The van der Waals surface area contributed by atoms with E-state index in [4.69, 9.17) is 11.6 Å². The summed E-state index contributed by atoms with van der Waals surface area (Å²) >= 11 is 6.73. The number of nitro groups is 1. The fourth-order valence-corrected chi connectivity index (χ4v) is 2.56. The second-order valence-corrected chi connectivity index (χ2v) is 5.77. The van der Waals surface area contributed by atoms with Crippen LogP contribution in [0.3, 0.4) is 0 Å². The molecule has 1 aromatic carbocycles. The molecule has 0 unspecified atom stereocenters. The summed E-state index contributed by atoms with van der Waals surface area (Å²) in [4.78, 5) is 13.8. The molecule has 0 spiro atoms. The highest BCUT2D eigenvalue weighted by Crippen LogP contribution is 2.41. The van der Waals surface area contributed by atoms with Gasteiger partial charge in [0.25, 0.3) is 5.69 Å². The number of phenols is 1. The van der Waals surface area contributed by atoms with E-state index in [-0.39, 0.29) is 16.7 Å². The molecular formula is C11H7ClF3N3O3S. The van der Waals surface area contributed by atoms with Crippen LogP contribution in [-0.2, 0) is 12.7 Å². The Morgan fingerprint density at radius 3 is 2.64 bits per heavy atom. The van der Waals surface area contributed by atoms with Gasteiger partial charge in [-0.3, -0.25) is 10.1 Å². The lowest BCUT2D eigenvalue weighted by molar-refractivity contribution is -0.388. The molecule has 1 aromatic heterocycles. The van der Waals surface area contributed by atoms with Gasteiger partial charge in [0, 0.05) is 11.1 Å². The molecule has 2 rings (SSSR count). The quantitative estimate of drug-likeness (QED) is 0.492. The Labute approximate surface area is 130 Å². The molecule has 0 radical (unpaired) electrons. The zero-order valence-corrected chi connectivity index (χ0v) is 12.1. The molecular weight excluding hydrogens is 347 g/mol. The minimum absolute atomic E-state index is 0.0626. The Bertz CT molecular complexity index is 720. The number of nitrogens with one attached hydrogen (secondary N) is 1. The van der Waals surface area contributed by atoms with Crippen molar-refractivity contribution in [3.8, 4) is 5.75 Å². The Kier molecular flexibility index (Phi) is 4.42. The molecule has 1 heterocycles. The van der Waals surface area contributed by atoms with Crippen LogP contribution in [0.25, 0.3) is 0 Å². The van der Waals surface area contributed by atoms with E-state index in [1.165, 1.54) is 6.20 Å². The zero-order valence-electron chi connectivity index (χ0n) is 10.5. The van der Waals surface area contributed by atoms with Crippen molar-refractivity contribution in [2.75, 3.05) is 5.32 Å². The number of nitro benzene ring substituents is 1. The van der Waals surface area contributed by atoms with Crippen molar-refractivity contribution in [1.82, 2.24) is 4.98 Å². The number of hydrogen-bond acceptors (Lipinski definition) is 6. The average molecular weight is 354 g/mol. The highest BCUT2D eigenvalue weighted by Gasteiger charge is 2.39. The Morgan fingerprint density at radius 1 is 1.45 bits per heavy atom. The summed E-state index contributed by atoms with van der Waals surface area (Å²) in [7, 11) is 0. The molecule has 11 heteroatoms.